The first-order valence-electron chi connectivity index (χ1n) is 8.10. The standard InChI is InChI=1S/C20H13Cl3N4O/c21-16-5-6-18(23)19(8-16)26-20(28)15(9-24)7-13-10-25-27(11-13)12-14-3-1-2-4-17(14)22/h1-8,10-11H,12H2,(H,26,28)/b15-7+. The summed E-state index contributed by atoms with van der Waals surface area (Å²) in [6.07, 6.45) is 4.73. The molecule has 0 radical (unpaired) electrons. The normalized spacial score (nSPS) is 11.1. The van der Waals surface area contributed by atoms with Gasteiger partial charge in [0.1, 0.15) is 11.6 Å². The summed E-state index contributed by atoms with van der Waals surface area (Å²) in [6.45, 7) is 0.472. The van der Waals surface area contributed by atoms with E-state index in [9.17, 15) is 10.1 Å². The van der Waals surface area contributed by atoms with Crippen molar-refractivity contribution in [3.8, 4) is 6.07 Å². The monoisotopic (exact) mass is 430 g/mol. The average Bonchev–Trinajstić information content (AvgIpc) is 3.11. The number of carbonyl (C=O) groups is 1. The van der Waals surface area contributed by atoms with E-state index in [4.69, 9.17) is 34.8 Å². The number of nitrogens with zero attached hydrogens (tertiary/aromatic N) is 3. The predicted molar refractivity (Wildman–Crippen MR) is 111 cm³/mol. The van der Waals surface area contributed by atoms with Crippen LogP contribution < -0.4 is 5.32 Å². The number of carbonyl (C=O) groups excluding carboxylic acids is 1. The first-order valence-corrected chi connectivity index (χ1v) is 9.23. The molecule has 3 rings (SSSR count). The average molecular weight is 432 g/mol. The molecular formula is C20H13Cl3N4O. The summed E-state index contributed by atoms with van der Waals surface area (Å²) in [6, 6.07) is 14.0. The first-order chi connectivity index (χ1) is 13.5. The van der Waals surface area contributed by atoms with Crippen LogP contribution in [0.3, 0.4) is 0 Å². The summed E-state index contributed by atoms with van der Waals surface area (Å²) >= 11 is 18.1. The maximum Gasteiger partial charge on any atom is 0.266 e. The van der Waals surface area contributed by atoms with Gasteiger partial charge in [-0.25, -0.2) is 0 Å². The topological polar surface area (TPSA) is 70.7 Å². The van der Waals surface area contributed by atoms with Gasteiger partial charge in [-0.05, 0) is 35.9 Å². The van der Waals surface area contributed by atoms with E-state index in [1.54, 1.807) is 35.3 Å². The Kier molecular flexibility index (Phi) is 6.37. The van der Waals surface area contributed by atoms with Crippen molar-refractivity contribution in [2.45, 2.75) is 6.54 Å². The fourth-order valence-corrected chi connectivity index (χ4v) is 2.97. The van der Waals surface area contributed by atoms with E-state index in [2.05, 4.69) is 10.4 Å². The van der Waals surface area contributed by atoms with Gasteiger partial charge in [0.2, 0.25) is 0 Å². The van der Waals surface area contributed by atoms with Gasteiger partial charge in [-0.3, -0.25) is 9.48 Å². The van der Waals surface area contributed by atoms with Gasteiger partial charge in [0.25, 0.3) is 5.91 Å². The highest BCUT2D eigenvalue weighted by molar-refractivity contribution is 6.36. The maximum absolute atomic E-state index is 12.4. The molecule has 0 spiro atoms. The molecule has 5 nitrogen and oxygen atoms in total. The van der Waals surface area contributed by atoms with E-state index < -0.39 is 5.91 Å². The van der Waals surface area contributed by atoms with Gasteiger partial charge in [0, 0.05) is 21.8 Å². The van der Waals surface area contributed by atoms with Crippen molar-refractivity contribution in [1.29, 1.82) is 5.26 Å². The highest BCUT2D eigenvalue weighted by Crippen LogP contribution is 2.26. The quantitative estimate of drug-likeness (QED) is 0.432. The molecule has 28 heavy (non-hydrogen) atoms. The van der Waals surface area contributed by atoms with Crippen molar-refractivity contribution < 1.29 is 4.79 Å². The van der Waals surface area contributed by atoms with Gasteiger partial charge >= 0.3 is 0 Å². The summed E-state index contributed by atoms with van der Waals surface area (Å²) in [7, 11) is 0. The molecule has 0 fully saturated rings. The lowest BCUT2D eigenvalue weighted by molar-refractivity contribution is -0.112. The Morgan fingerprint density at radius 3 is 2.71 bits per heavy atom. The van der Waals surface area contributed by atoms with Crippen molar-refractivity contribution in [2.75, 3.05) is 5.32 Å². The van der Waals surface area contributed by atoms with Crippen LogP contribution >= 0.6 is 34.8 Å². The maximum atomic E-state index is 12.4. The Morgan fingerprint density at radius 1 is 1.18 bits per heavy atom. The van der Waals surface area contributed by atoms with Gasteiger partial charge in [0.05, 0.1) is 23.5 Å². The van der Waals surface area contributed by atoms with Crippen LogP contribution in [0.4, 0.5) is 5.69 Å². The Hall–Kier alpha value is -2.78. The zero-order valence-electron chi connectivity index (χ0n) is 14.4. The molecular weight excluding hydrogens is 419 g/mol. The molecule has 0 saturated carbocycles. The third kappa shape index (κ3) is 4.93. The molecule has 0 bridgehead atoms. The van der Waals surface area contributed by atoms with Gasteiger partial charge in [-0.15, -0.1) is 0 Å². The summed E-state index contributed by atoms with van der Waals surface area (Å²) in [4.78, 5) is 12.4. The van der Waals surface area contributed by atoms with Crippen LogP contribution in [0.1, 0.15) is 11.1 Å². The number of nitrogens with one attached hydrogen (secondary N) is 1. The van der Waals surface area contributed by atoms with E-state index in [0.717, 1.165) is 5.56 Å². The van der Waals surface area contributed by atoms with E-state index in [1.165, 1.54) is 12.1 Å². The van der Waals surface area contributed by atoms with Crippen molar-refractivity contribution in [3.05, 3.63) is 86.6 Å². The summed E-state index contributed by atoms with van der Waals surface area (Å²) in [5.74, 6) is -0.592. The molecule has 140 valence electrons. The van der Waals surface area contributed by atoms with Crippen molar-refractivity contribution >= 4 is 52.5 Å². The molecule has 1 aromatic heterocycles. The van der Waals surface area contributed by atoms with Gasteiger partial charge in [-0.2, -0.15) is 10.4 Å². The van der Waals surface area contributed by atoms with Crippen LogP contribution in [0.25, 0.3) is 6.08 Å². The smallest absolute Gasteiger partial charge is 0.266 e. The van der Waals surface area contributed by atoms with Crippen molar-refractivity contribution in [3.63, 3.8) is 0 Å². The fraction of sp³-hybridized carbons (Fsp3) is 0.0500. The first kappa shape index (κ1) is 20.0. The number of hydrogen-bond acceptors (Lipinski definition) is 3. The number of anilines is 1. The lowest BCUT2D eigenvalue weighted by Crippen LogP contribution is -2.13. The molecule has 0 atom stereocenters. The molecule has 0 unspecified atom stereocenters. The molecule has 8 heteroatoms. The molecule has 1 N–H and O–H groups in total. The number of benzene rings is 2. The zero-order chi connectivity index (χ0) is 20.1. The van der Waals surface area contributed by atoms with Gasteiger partial charge < -0.3 is 5.32 Å². The fourth-order valence-electron chi connectivity index (χ4n) is 2.44. The Labute approximate surface area is 176 Å². The molecule has 1 heterocycles. The van der Waals surface area contributed by atoms with Crippen LogP contribution in [-0.4, -0.2) is 15.7 Å². The van der Waals surface area contributed by atoms with Gasteiger partial charge in [-0.1, -0.05) is 53.0 Å². The van der Waals surface area contributed by atoms with E-state index >= 15 is 0 Å². The minimum Gasteiger partial charge on any atom is -0.320 e. The third-order valence-electron chi connectivity index (χ3n) is 3.80. The highest BCUT2D eigenvalue weighted by Gasteiger charge is 2.12. The number of hydrogen-bond donors (Lipinski definition) is 1. The second kappa shape index (κ2) is 8.94. The molecule has 3 aromatic rings. The molecule has 1 amide bonds. The SMILES string of the molecule is N#C/C(=C\c1cnn(Cc2ccccc2Cl)c1)C(=O)Nc1cc(Cl)ccc1Cl. The number of aromatic nitrogens is 2. The van der Waals surface area contributed by atoms with Gasteiger partial charge in [0.15, 0.2) is 0 Å². The summed E-state index contributed by atoms with van der Waals surface area (Å²) < 4.78 is 1.67. The minimum absolute atomic E-state index is 0.0895. The summed E-state index contributed by atoms with van der Waals surface area (Å²) in [5, 5.41) is 17.6. The third-order valence-corrected chi connectivity index (χ3v) is 4.73. The van der Waals surface area contributed by atoms with Crippen molar-refractivity contribution in [1.82, 2.24) is 9.78 Å². The Bertz CT molecular complexity index is 1100. The van der Waals surface area contributed by atoms with Crippen LogP contribution in [0.15, 0.2) is 60.4 Å². The molecule has 0 saturated heterocycles. The number of rotatable bonds is 5. The second-order valence-corrected chi connectivity index (χ2v) is 7.06. The van der Waals surface area contributed by atoms with E-state index in [-0.39, 0.29) is 5.57 Å². The predicted octanol–water partition coefficient (Wildman–Crippen LogP) is 5.44. The van der Waals surface area contributed by atoms with Crippen LogP contribution in [-0.2, 0) is 11.3 Å². The highest BCUT2D eigenvalue weighted by atomic mass is 35.5. The molecule has 0 aliphatic heterocycles. The van der Waals surface area contributed by atoms with Crippen molar-refractivity contribution in [2.24, 2.45) is 0 Å². The summed E-state index contributed by atoms with van der Waals surface area (Å²) in [5.41, 5.74) is 1.76. The Morgan fingerprint density at radius 2 is 1.96 bits per heavy atom. The largest absolute Gasteiger partial charge is 0.320 e. The lowest BCUT2D eigenvalue weighted by Gasteiger charge is -2.06. The second-order valence-electron chi connectivity index (χ2n) is 5.81. The van der Waals surface area contributed by atoms with Crippen LogP contribution in [0.2, 0.25) is 15.1 Å². The van der Waals surface area contributed by atoms with Crippen LogP contribution in [0.5, 0.6) is 0 Å². The minimum atomic E-state index is -0.592. The van der Waals surface area contributed by atoms with Crippen LogP contribution in [0, 0.1) is 11.3 Å². The van der Waals surface area contributed by atoms with E-state index in [1.807, 2.05) is 24.3 Å². The molecule has 0 aliphatic carbocycles. The molecule has 2 aromatic carbocycles. The lowest BCUT2D eigenvalue weighted by atomic mass is 10.2. The van der Waals surface area contributed by atoms with E-state index in [0.29, 0.717) is 32.9 Å². The number of nitriles is 1. The number of amides is 1. The Balaban J connectivity index is 1.76. The number of halogens is 3. The molecule has 0 aliphatic rings. The zero-order valence-corrected chi connectivity index (χ0v) is 16.6.